The Morgan fingerprint density at radius 1 is 0.724 bits per heavy atom. The Labute approximate surface area is 174 Å². The summed E-state index contributed by atoms with van der Waals surface area (Å²) in [5.41, 5.74) is 2.51. The van der Waals surface area contributed by atoms with Gasteiger partial charge in [0, 0.05) is 25.0 Å². The van der Waals surface area contributed by atoms with Crippen LogP contribution in [0.25, 0.3) is 0 Å². The SMILES string of the molecule is CC1(C)O[C@H]([C@@H](CO)CCc2ccccc2)[C@H]([C@H](CO)CCc2ccccc2)O1. The molecule has 1 fully saturated rings. The highest BCUT2D eigenvalue weighted by molar-refractivity contribution is 5.15. The number of rotatable bonds is 10. The van der Waals surface area contributed by atoms with Crippen molar-refractivity contribution in [3.63, 3.8) is 0 Å². The molecule has 2 aromatic rings. The van der Waals surface area contributed by atoms with Crippen LogP contribution in [-0.2, 0) is 22.3 Å². The van der Waals surface area contributed by atoms with E-state index in [9.17, 15) is 10.2 Å². The normalized spacial score (nSPS) is 23.0. The minimum Gasteiger partial charge on any atom is -0.396 e. The van der Waals surface area contributed by atoms with Crippen LogP contribution in [0.3, 0.4) is 0 Å². The summed E-state index contributed by atoms with van der Waals surface area (Å²) in [6.07, 6.45) is 2.94. The maximum Gasteiger partial charge on any atom is 0.163 e. The zero-order chi connectivity index (χ0) is 20.7. The Bertz CT molecular complexity index is 655. The highest BCUT2D eigenvalue weighted by atomic mass is 16.8. The molecule has 0 spiro atoms. The van der Waals surface area contributed by atoms with E-state index in [0.717, 1.165) is 25.7 Å². The van der Waals surface area contributed by atoms with Crippen LogP contribution in [0.5, 0.6) is 0 Å². The highest BCUT2D eigenvalue weighted by Gasteiger charge is 2.47. The fourth-order valence-electron chi connectivity index (χ4n) is 4.26. The fraction of sp³-hybridized carbons (Fsp3) is 0.520. The molecule has 0 radical (unpaired) electrons. The molecule has 0 amide bonds. The molecule has 1 heterocycles. The number of aryl methyl sites for hydroxylation is 2. The molecule has 0 unspecified atom stereocenters. The first-order chi connectivity index (χ1) is 14.0. The molecule has 3 rings (SSSR count). The zero-order valence-corrected chi connectivity index (χ0v) is 17.5. The summed E-state index contributed by atoms with van der Waals surface area (Å²) in [4.78, 5) is 0. The number of aliphatic hydroxyl groups excluding tert-OH is 2. The number of aliphatic hydroxyl groups is 2. The van der Waals surface area contributed by atoms with Gasteiger partial charge in [-0.2, -0.15) is 0 Å². The van der Waals surface area contributed by atoms with Gasteiger partial charge in [0.2, 0.25) is 0 Å². The maximum atomic E-state index is 10.1. The Balaban J connectivity index is 1.68. The van der Waals surface area contributed by atoms with Gasteiger partial charge in [0.05, 0.1) is 12.2 Å². The third-order valence-electron chi connectivity index (χ3n) is 5.86. The number of hydrogen-bond donors (Lipinski definition) is 2. The number of hydrogen-bond acceptors (Lipinski definition) is 4. The molecule has 1 aliphatic rings. The van der Waals surface area contributed by atoms with Crippen molar-refractivity contribution >= 4 is 0 Å². The first-order valence-electron chi connectivity index (χ1n) is 10.7. The Kier molecular flexibility index (Phi) is 7.84. The van der Waals surface area contributed by atoms with E-state index in [1.807, 2.05) is 50.2 Å². The van der Waals surface area contributed by atoms with Crippen molar-refractivity contribution in [1.82, 2.24) is 0 Å². The molecule has 158 valence electrons. The molecule has 1 aliphatic heterocycles. The quantitative estimate of drug-likeness (QED) is 0.635. The minimum absolute atomic E-state index is 0.0345. The van der Waals surface area contributed by atoms with E-state index in [-0.39, 0.29) is 37.3 Å². The maximum absolute atomic E-state index is 10.1. The van der Waals surface area contributed by atoms with Crippen molar-refractivity contribution in [2.45, 2.75) is 57.5 Å². The van der Waals surface area contributed by atoms with Gasteiger partial charge in [-0.15, -0.1) is 0 Å². The monoisotopic (exact) mass is 398 g/mol. The predicted octanol–water partition coefficient (Wildman–Crippen LogP) is 3.99. The molecule has 0 bridgehead atoms. The average Bonchev–Trinajstić information content (AvgIpc) is 3.06. The van der Waals surface area contributed by atoms with Crippen LogP contribution >= 0.6 is 0 Å². The smallest absolute Gasteiger partial charge is 0.163 e. The van der Waals surface area contributed by atoms with Crippen LogP contribution in [0, 0.1) is 11.8 Å². The largest absolute Gasteiger partial charge is 0.396 e. The Morgan fingerprint density at radius 3 is 1.45 bits per heavy atom. The third-order valence-corrected chi connectivity index (χ3v) is 5.86. The van der Waals surface area contributed by atoms with Crippen LogP contribution < -0.4 is 0 Å². The fourth-order valence-corrected chi connectivity index (χ4v) is 4.26. The van der Waals surface area contributed by atoms with E-state index in [2.05, 4.69) is 24.3 Å². The lowest BCUT2D eigenvalue weighted by Gasteiger charge is -2.29. The molecule has 4 nitrogen and oxygen atoms in total. The highest BCUT2D eigenvalue weighted by Crippen LogP contribution is 2.38. The molecule has 4 heteroatoms. The van der Waals surface area contributed by atoms with Gasteiger partial charge in [-0.3, -0.25) is 0 Å². The predicted molar refractivity (Wildman–Crippen MR) is 115 cm³/mol. The summed E-state index contributed by atoms with van der Waals surface area (Å²) in [5, 5.41) is 20.2. The van der Waals surface area contributed by atoms with Crippen LogP contribution in [0.4, 0.5) is 0 Å². The van der Waals surface area contributed by atoms with Gasteiger partial charge in [-0.25, -0.2) is 0 Å². The standard InChI is InChI=1S/C25H34O4/c1-25(2)28-23(21(17-26)15-13-19-9-5-3-6-10-19)24(29-25)22(18-27)16-14-20-11-7-4-8-12-20/h3-12,21-24,26-27H,13-18H2,1-2H3/t21-,22+,23-,24+. The first-order valence-corrected chi connectivity index (χ1v) is 10.7. The second-order valence-electron chi connectivity index (χ2n) is 8.50. The van der Waals surface area contributed by atoms with E-state index in [1.165, 1.54) is 11.1 Å². The lowest BCUT2D eigenvalue weighted by molar-refractivity contribution is -0.156. The lowest BCUT2D eigenvalue weighted by Crippen LogP contribution is -2.40. The number of benzene rings is 2. The zero-order valence-electron chi connectivity index (χ0n) is 17.5. The Hall–Kier alpha value is -1.72. The van der Waals surface area contributed by atoms with Crippen molar-refractivity contribution in [3.05, 3.63) is 71.8 Å². The molecule has 2 aromatic carbocycles. The van der Waals surface area contributed by atoms with Gasteiger partial charge in [0.1, 0.15) is 0 Å². The molecule has 0 aliphatic carbocycles. The van der Waals surface area contributed by atoms with Crippen LogP contribution in [-0.4, -0.2) is 41.4 Å². The van der Waals surface area contributed by atoms with E-state index < -0.39 is 5.79 Å². The van der Waals surface area contributed by atoms with Crippen LogP contribution in [0.1, 0.15) is 37.8 Å². The molecular formula is C25H34O4. The van der Waals surface area contributed by atoms with E-state index in [0.29, 0.717) is 0 Å². The van der Waals surface area contributed by atoms with Crippen molar-refractivity contribution < 1.29 is 19.7 Å². The molecule has 1 saturated heterocycles. The van der Waals surface area contributed by atoms with Crippen molar-refractivity contribution in [2.24, 2.45) is 11.8 Å². The Morgan fingerprint density at radius 2 is 1.10 bits per heavy atom. The van der Waals surface area contributed by atoms with Crippen molar-refractivity contribution in [3.8, 4) is 0 Å². The van der Waals surface area contributed by atoms with E-state index in [4.69, 9.17) is 9.47 Å². The minimum atomic E-state index is -0.713. The molecule has 2 N–H and O–H groups in total. The average molecular weight is 399 g/mol. The molecule has 4 atom stereocenters. The van der Waals surface area contributed by atoms with Gasteiger partial charge in [0.15, 0.2) is 5.79 Å². The molecular weight excluding hydrogens is 364 g/mol. The number of ether oxygens (including phenoxy) is 2. The van der Waals surface area contributed by atoms with Gasteiger partial charge < -0.3 is 19.7 Å². The van der Waals surface area contributed by atoms with Gasteiger partial charge >= 0.3 is 0 Å². The van der Waals surface area contributed by atoms with Gasteiger partial charge in [-0.1, -0.05) is 60.7 Å². The second-order valence-corrected chi connectivity index (χ2v) is 8.50. The summed E-state index contributed by atoms with van der Waals surface area (Å²) >= 11 is 0. The summed E-state index contributed by atoms with van der Waals surface area (Å²) in [7, 11) is 0. The van der Waals surface area contributed by atoms with Gasteiger partial charge in [-0.05, 0) is 50.7 Å². The van der Waals surface area contributed by atoms with Gasteiger partial charge in [0.25, 0.3) is 0 Å². The third kappa shape index (κ3) is 6.13. The van der Waals surface area contributed by atoms with Crippen molar-refractivity contribution in [1.29, 1.82) is 0 Å². The molecule has 29 heavy (non-hydrogen) atoms. The summed E-state index contributed by atoms with van der Waals surface area (Å²) in [5.74, 6) is -0.782. The topological polar surface area (TPSA) is 58.9 Å². The van der Waals surface area contributed by atoms with Crippen LogP contribution in [0.2, 0.25) is 0 Å². The summed E-state index contributed by atoms with van der Waals surface area (Å²) < 4.78 is 12.5. The molecule has 0 aromatic heterocycles. The van der Waals surface area contributed by atoms with E-state index >= 15 is 0 Å². The van der Waals surface area contributed by atoms with Crippen molar-refractivity contribution in [2.75, 3.05) is 13.2 Å². The summed E-state index contributed by atoms with van der Waals surface area (Å²) in [6.45, 7) is 3.92. The second kappa shape index (κ2) is 10.4. The summed E-state index contributed by atoms with van der Waals surface area (Å²) in [6, 6.07) is 20.6. The lowest BCUT2D eigenvalue weighted by atomic mass is 9.84. The van der Waals surface area contributed by atoms with E-state index in [1.54, 1.807) is 0 Å². The van der Waals surface area contributed by atoms with Crippen LogP contribution in [0.15, 0.2) is 60.7 Å². The first kappa shape index (κ1) is 22.0. The molecule has 0 saturated carbocycles.